The van der Waals surface area contributed by atoms with Gasteiger partial charge in [0.05, 0.1) is 29.7 Å². The second kappa shape index (κ2) is 6.51. The van der Waals surface area contributed by atoms with Gasteiger partial charge in [0.25, 0.3) is 5.56 Å². The van der Waals surface area contributed by atoms with Gasteiger partial charge in [0.2, 0.25) is 0 Å². The monoisotopic (exact) mass is 384 g/mol. The van der Waals surface area contributed by atoms with Crippen molar-refractivity contribution in [2.45, 2.75) is 6.92 Å². The molecule has 0 atom stereocenters. The van der Waals surface area contributed by atoms with E-state index in [0.717, 1.165) is 0 Å². The molecule has 2 aromatic carbocycles. The summed E-state index contributed by atoms with van der Waals surface area (Å²) >= 11 is 6.19. The lowest BCUT2D eigenvalue weighted by molar-refractivity contribution is 0.415. The molecule has 0 aliphatic carbocycles. The minimum atomic E-state index is -0.349. The fourth-order valence-electron chi connectivity index (χ4n) is 2.94. The summed E-state index contributed by atoms with van der Waals surface area (Å²) in [5.41, 5.74) is 1.32. The van der Waals surface area contributed by atoms with Crippen LogP contribution in [0.1, 0.15) is 5.82 Å². The van der Waals surface area contributed by atoms with Gasteiger partial charge < -0.3 is 4.74 Å². The molecule has 0 aliphatic heterocycles. The summed E-state index contributed by atoms with van der Waals surface area (Å²) in [6, 6.07) is 10.9. The average Bonchev–Trinajstić information content (AvgIpc) is 3.06. The van der Waals surface area contributed by atoms with E-state index in [1.54, 1.807) is 37.3 Å². The van der Waals surface area contributed by atoms with Gasteiger partial charge in [-0.1, -0.05) is 11.6 Å². The van der Waals surface area contributed by atoms with Crippen LogP contribution in [0.25, 0.3) is 22.4 Å². The highest BCUT2D eigenvalue weighted by atomic mass is 35.5. The number of aryl methyl sites for hydroxylation is 1. The van der Waals surface area contributed by atoms with Gasteiger partial charge in [-0.25, -0.2) is 14.1 Å². The van der Waals surface area contributed by atoms with Crippen molar-refractivity contribution in [3.63, 3.8) is 0 Å². The zero-order valence-electron chi connectivity index (χ0n) is 14.5. The highest BCUT2D eigenvalue weighted by molar-refractivity contribution is 6.32. The van der Waals surface area contributed by atoms with Gasteiger partial charge in [-0.15, -0.1) is 0 Å². The molecule has 8 heteroatoms. The maximum atomic E-state index is 13.2. The summed E-state index contributed by atoms with van der Waals surface area (Å²) in [4.78, 5) is 17.6. The predicted octanol–water partition coefficient (Wildman–Crippen LogP) is 3.68. The Morgan fingerprint density at radius 2 is 1.81 bits per heavy atom. The van der Waals surface area contributed by atoms with E-state index < -0.39 is 0 Å². The quantitative estimate of drug-likeness (QED) is 0.540. The van der Waals surface area contributed by atoms with Crippen molar-refractivity contribution in [1.29, 1.82) is 0 Å². The van der Waals surface area contributed by atoms with Crippen LogP contribution >= 0.6 is 11.6 Å². The summed E-state index contributed by atoms with van der Waals surface area (Å²) in [6.07, 6.45) is 1.45. The van der Waals surface area contributed by atoms with E-state index in [4.69, 9.17) is 16.3 Å². The van der Waals surface area contributed by atoms with E-state index in [9.17, 15) is 9.18 Å². The van der Waals surface area contributed by atoms with Gasteiger partial charge in [0.1, 0.15) is 22.8 Å². The first-order chi connectivity index (χ1) is 13.0. The molecule has 0 radical (unpaired) electrons. The molecule has 0 aliphatic rings. The van der Waals surface area contributed by atoms with Crippen LogP contribution in [0.2, 0.25) is 5.02 Å². The SMILES string of the molecule is COc1ccc(-n2c(C)nc3c(cnn3-c3ccc(F)cc3)c2=O)cc1Cl. The molecule has 0 unspecified atom stereocenters. The Morgan fingerprint density at radius 3 is 2.48 bits per heavy atom. The molecule has 27 heavy (non-hydrogen) atoms. The smallest absolute Gasteiger partial charge is 0.269 e. The van der Waals surface area contributed by atoms with Crippen LogP contribution in [-0.4, -0.2) is 26.4 Å². The maximum absolute atomic E-state index is 13.2. The number of hydrogen-bond acceptors (Lipinski definition) is 4. The molecule has 0 saturated carbocycles. The molecular formula is C19H14ClFN4O2. The largest absolute Gasteiger partial charge is 0.495 e. The third-order valence-corrected chi connectivity index (χ3v) is 4.53. The van der Waals surface area contributed by atoms with Gasteiger partial charge in [-0.3, -0.25) is 9.36 Å². The number of rotatable bonds is 3. The fraction of sp³-hybridized carbons (Fsp3) is 0.105. The van der Waals surface area contributed by atoms with Gasteiger partial charge in [-0.05, 0) is 49.4 Å². The van der Waals surface area contributed by atoms with Crippen molar-refractivity contribution in [3.8, 4) is 17.1 Å². The van der Waals surface area contributed by atoms with E-state index in [2.05, 4.69) is 10.1 Å². The van der Waals surface area contributed by atoms with Crippen LogP contribution in [0.15, 0.2) is 53.5 Å². The van der Waals surface area contributed by atoms with E-state index in [1.807, 2.05) is 0 Å². The average molecular weight is 385 g/mol. The van der Waals surface area contributed by atoms with Crippen LogP contribution in [0, 0.1) is 12.7 Å². The first-order valence-corrected chi connectivity index (χ1v) is 8.44. The van der Waals surface area contributed by atoms with Crippen LogP contribution < -0.4 is 10.3 Å². The Labute approximate surface area is 158 Å². The van der Waals surface area contributed by atoms with Gasteiger partial charge >= 0.3 is 0 Å². The highest BCUT2D eigenvalue weighted by Gasteiger charge is 2.16. The molecule has 0 bridgehead atoms. The van der Waals surface area contributed by atoms with Crippen molar-refractivity contribution in [2.24, 2.45) is 0 Å². The number of aromatic nitrogens is 4. The fourth-order valence-corrected chi connectivity index (χ4v) is 3.19. The van der Waals surface area contributed by atoms with Gasteiger partial charge in [0.15, 0.2) is 5.65 Å². The summed E-state index contributed by atoms with van der Waals surface area (Å²) < 4.78 is 21.3. The molecule has 4 rings (SSSR count). The van der Waals surface area contributed by atoms with Crippen LogP contribution in [0.3, 0.4) is 0 Å². The third kappa shape index (κ3) is 2.86. The lowest BCUT2D eigenvalue weighted by Gasteiger charge is -2.12. The van der Waals surface area contributed by atoms with Crippen molar-refractivity contribution < 1.29 is 9.13 Å². The molecule has 0 spiro atoms. The van der Waals surface area contributed by atoms with Gasteiger partial charge in [-0.2, -0.15) is 5.10 Å². The number of halogens is 2. The first-order valence-electron chi connectivity index (χ1n) is 8.07. The Kier molecular flexibility index (Phi) is 4.16. The molecule has 0 saturated heterocycles. The van der Waals surface area contributed by atoms with E-state index >= 15 is 0 Å². The minimum Gasteiger partial charge on any atom is -0.495 e. The zero-order valence-corrected chi connectivity index (χ0v) is 15.2. The molecule has 6 nitrogen and oxygen atoms in total. The topological polar surface area (TPSA) is 61.9 Å². The Balaban J connectivity index is 1.92. The summed E-state index contributed by atoms with van der Waals surface area (Å²) in [5.74, 6) is 0.639. The van der Waals surface area contributed by atoms with E-state index in [0.29, 0.717) is 39.0 Å². The first kappa shape index (κ1) is 17.2. The lowest BCUT2D eigenvalue weighted by Crippen LogP contribution is -2.22. The van der Waals surface area contributed by atoms with Crippen molar-refractivity contribution in [1.82, 2.24) is 19.3 Å². The molecule has 0 N–H and O–H groups in total. The van der Waals surface area contributed by atoms with Crippen LogP contribution in [0.4, 0.5) is 4.39 Å². The molecular weight excluding hydrogens is 371 g/mol. The van der Waals surface area contributed by atoms with Crippen molar-refractivity contribution in [2.75, 3.05) is 7.11 Å². The van der Waals surface area contributed by atoms with Gasteiger partial charge in [0, 0.05) is 0 Å². The molecule has 4 aromatic rings. The van der Waals surface area contributed by atoms with E-state index in [1.165, 1.54) is 34.7 Å². The zero-order chi connectivity index (χ0) is 19.1. The number of benzene rings is 2. The van der Waals surface area contributed by atoms with Crippen molar-refractivity contribution in [3.05, 3.63) is 75.7 Å². The molecule has 2 aromatic heterocycles. The minimum absolute atomic E-state index is 0.271. The summed E-state index contributed by atoms with van der Waals surface area (Å²) in [5, 5.41) is 4.99. The maximum Gasteiger partial charge on any atom is 0.269 e. The number of methoxy groups -OCH3 is 1. The lowest BCUT2D eigenvalue weighted by atomic mass is 10.2. The van der Waals surface area contributed by atoms with E-state index in [-0.39, 0.29) is 11.4 Å². The van der Waals surface area contributed by atoms with Crippen LogP contribution in [-0.2, 0) is 0 Å². The Morgan fingerprint density at radius 1 is 1.11 bits per heavy atom. The standard InChI is InChI=1S/C19H14ClFN4O2/c1-11-23-18-15(10-22-25(18)13-5-3-12(21)4-6-13)19(26)24(11)14-7-8-17(27-2)16(20)9-14/h3-10H,1-2H3. The number of nitrogens with zero attached hydrogens (tertiary/aromatic N) is 4. The second-order valence-corrected chi connectivity index (χ2v) is 6.30. The number of ether oxygens (including phenoxy) is 1. The Hall–Kier alpha value is -3.19. The number of hydrogen-bond donors (Lipinski definition) is 0. The molecule has 136 valence electrons. The van der Waals surface area contributed by atoms with Crippen molar-refractivity contribution >= 4 is 22.6 Å². The third-order valence-electron chi connectivity index (χ3n) is 4.23. The summed E-state index contributed by atoms with van der Waals surface area (Å²) in [6.45, 7) is 1.72. The molecule has 0 fully saturated rings. The van der Waals surface area contributed by atoms with Crippen LogP contribution in [0.5, 0.6) is 5.75 Å². The second-order valence-electron chi connectivity index (χ2n) is 5.89. The molecule has 2 heterocycles. The predicted molar refractivity (Wildman–Crippen MR) is 101 cm³/mol. The Bertz CT molecular complexity index is 1220. The normalized spacial score (nSPS) is 11.1. The molecule has 0 amide bonds. The summed E-state index contributed by atoms with van der Waals surface area (Å²) in [7, 11) is 1.52. The highest BCUT2D eigenvalue weighted by Crippen LogP contribution is 2.27. The number of fused-ring (bicyclic) bond motifs is 1.